The molecule has 0 radical (unpaired) electrons. The lowest BCUT2D eigenvalue weighted by molar-refractivity contribution is 0.0491. The molecule has 0 heterocycles. The smallest absolute Gasteiger partial charge is 0.188 e. The number of aryl methyl sites for hydroxylation is 1. The predicted octanol–water partition coefficient (Wildman–Crippen LogP) is 1.99. The highest BCUT2D eigenvalue weighted by Gasteiger charge is 2.05. The first kappa shape index (κ1) is 9.86. The molecule has 1 aromatic carbocycles. The van der Waals surface area contributed by atoms with Gasteiger partial charge in [-0.15, -0.1) is 0 Å². The number of ether oxygens (including phenoxy) is 3. The maximum atomic E-state index is 5.31. The Kier molecular flexibility index (Phi) is 3.58. The number of hydrogen-bond acceptors (Lipinski definition) is 3. The van der Waals surface area contributed by atoms with Gasteiger partial charge in [-0.05, 0) is 18.6 Å². The van der Waals surface area contributed by atoms with Crippen molar-refractivity contribution in [1.29, 1.82) is 0 Å². The standard InChI is InChI=1S/C10H14O3/c1-8-5-4-6-9(10(8)12-3)13-7-11-2/h4-6H,7H2,1-3H3. The zero-order valence-electron chi connectivity index (χ0n) is 8.16. The Morgan fingerprint density at radius 3 is 2.62 bits per heavy atom. The molecule has 1 aromatic rings. The lowest BCUT2D eigenvalue weighted by Gasteiger charge is -2.11. The average molecular weight is 182 g/mol. The first-order valence-electron chi connectivity index (χ1n) is 4.05. The molecule has 0 spiro atoms. The quantitative estimate of drug-likeness (QED) is 0.666. The van der Waals surface area contributed by atoms with Gasteiger partial charge in [-0.3, -0.25) is 0 Å². The van der Waals surface area contributed by atoms with Crippen molar-refractivity contribution < 1.29 is 14.2 Å². The topological polar surface area (TPSA) is 27.7 Å². The third-order valence-corrected chi connectivity index (χ3v) is 1.71. The van der Waals surface area contributed by atoms with E-state index in [2.05, 4.69) is 0 Å². The van der Waals surface area contributed by atoms with Gasteiger partial charge in [0.2, 0.25) is 0 Å². The van der Waals surface area contributed by atoms with Gasteiger partial charge in [0.05, 0.1) is 7.11 Å². The van der Waals surface area contributed by atoms with Crippen LogP contribution in [-0.4, -0.2) is 21.0 Å². The Bertz CT molecular complexity index is 271. The number of para-hydroxylation sites is 1. The Morgan fingerprint density at radius 1 is 1.23 bits per heavy atom. The predicted molar refractivity (Wildman–Crippen MR) is 50.2 cm³/mol. The van der Waals surface area contributed by atoms with E-state index in [1.807, 2.05) is 25.1 Å². The number of benzene rings is 1. The van der Waals surface area contributed by atoms with Gasteiger partial charge in [-0.2, -0.15) is 0 Å². The van der Waals surface area contributed by atoms with Crippen molar-refractivity contribution in [2.45, 2.75) is 6.92 Å². The van der Waals surface area contributed by atoms with Gasteiger partial charge in [0, 0.05) is 7.11 Å². The van der Waals surface area contributed by atoms with Crippen molar-refractivity contribution in [1.82, 2.24) is 0 Å². The Labute approximate surface area is 78.2 Å². The number of hydrogen-bond donors (Lipinski definition) is 0. The van der Waals surface area contributed by atoms with Gasteiger partial charge in [-0.25, -0.2) is 0 Å². The van der Waals surface area contributed by atoms with Crippen molar-refractivity contribution >= 4 is 0 Å². The van der Waals surface area contributed by atoms with Gasteiger partial charge in [-0.1, -0.05) is 12.1 Å². The van der Waals surface area contributed by atoms with Crippen LogP contribution in [-0.2, 0) is 4.74 Å². The first-order valence-corrected chi connectivity index (χ1v) is 4.05. The zero-order valence-corrected chi connectivity index (χ0v) is 8.16. The largest absolute Gasteiger partial charge is 0.493 e. The molecular weight excluding hydrogens is 168 g/mol. The van der Waals surface area contributed by atoms with E-state index in [1.54, 1.807) is 14.2 Å². The summed E-state index contributed by atoms with van der Waals surface area (Å²) >= 11 is 0. The number of methoxy groups -OCH3 is 2. The molecule has 0 saturated heterocycles. The van der Waals surface area contributed by atoms with Crippen LogP contribution in [0.3, 0.4) is 0 Å². The summed E-state index contributed by atoms with van der Waals surface area (Å²) in [6, 6.07) is 5.74. The highest BCUT2D eigenvalue weighted by Crippen LogP contribution is 2.29. The zero-order chi connectivity index (χ0) is 9.68. The third-order valence-electron chi connectivity index (χ3n) is 1.71. The molecule has 3 heteroatoms. The van der Waals surface area contributed by atoms with Crippen LogP contribution in [0.4, 0.5) is 0 Å². The average Bonchev–Trinajstić information content (AvgIpc) is 2.15. The highest BCUT2D eigenvalue weighted by molar-refractivity contribution is 5.45. The second-order valence-electron chi connectivity index (χ2n) is 2.66. The van der Waals surface area contributed by atoms with Crippen LogP contribution < -0.4 is 9.47 Å². The van der Waals surface area contributed by atoms with Crippen molar-refractivity contribution in [2.75, 3.05) is 21.0 Å². The molecule has 0 bridgehead atoms. The summed E-state index contributed by atoms with van der Waals surface area (Å²) in [6.45, 7) is 2.21. The van der Waals surface area contributed by atoms with Crippen LogP contribution in [0.1, 0.15) is 5.56 Å². The molecule has 0 aliphatic rings. The molecule has 13 heavy (non-hydrogen) atoms. The monoisotopic (exact) mass is 182 g/mol. The maximum Gasteiger partial charge on any atom is 0.188 e. The molecule has 0 aromatic heterocycles. The van der Waals surface area contributed by atoms with E-state index in [0.29, 0.717) is 5.75 Å². The van der Waals surface area contributed by atoms with E-state index < -0.39 is 0 Å². The van der Waals surface area contributed by atoms with Gasteiger partial charge in [0.15, 0.2) is 18.3 Å². The molecule has 0 atom stereocenters. The van der Waals surface area contributed by atoms with Gasteiger partial charge in [0.25, 0.3) is 0 Å². The molecule has 1 rings (SSSR count). The van der Waals surface area contributed by atoms with Crippen LogP contribution in [0, 0.1) is 6.92 Å². The highest BCUT2D eigenvalue weighted by atomic mass is 16.7. The second-order valence-corrected chi connectivity index (χ2v) is 2.66. The van der Waals surface area contributed by atoms with Gasteiger partial charge >= 0.3 is 0 Å². The van der Waals surface area contributed by atoms with Crippen molar-refractivity contribution in [2.24, 2.45) is 0 Å². The van der Waals surface area contributed by atoms with Crippen LogP contribution in [0.25, 0.3) is 0 Å². The Morgan fingerprint density at radius 2 is 2.00 bits per heavy atom. The normalized spacial score (nSPS) is 9.77. The van der Waals surface area contributed by atoms with E-state index in [0.717, 1.165) is 11.3 Å². The van der Waals surface area contributed by atoms with Crippen LogP contribution >= 0.6 is 0 Å². The van der Waals surface area contributed by atoms with Crippen molar-refractivity contribution in [3.8, 4) is 11.5 Å². The SMILES string of the molecule is COCOc1cccc(C)c1OC. The summed E-state index contributed by atoms with van der Waals surface area (Å²) in [7, 11) is 3.21. The molecule has 0 aliphatic carbocycles. The molecule has 3 nitrogen and oxygen atoms in total. The minimum Gasteiger partial charge on any atom is -0.493 e. The van der Waals surface area contributed by atoms with Crippen LogP contribution in [0.15, 0.2) is 18.2 Å². The molecule has 0 aliphatic heterocycles. The summed E-state index contributed by atoms with van der Waals surface area (Å²) in [5.74, 6) is 1.48. The summed E-state index contributed by atoms with van der Waals surface area (Å²) in [5.41, 5.74) is 1.05. The minimum absolute atomic E-state index is 0.236. The molecule has 0 N–H and O–H groups in total. The van der Waals surface area contributed by atoms with Crippen LogP contribution in [0.2, 0.25) is 0 Å². The molecule has 72 valence electrons. The summed E-state index contributed by atoms with van der Waals surface area (Å²) in [4.78, 5) is 0. The van der Waals surface area contributed by atoms with E-state index in [-0.39, 0.29) is 6.79 Å². The number of rotatable bonds is 4. The fourth-order valence-corrected chi connectivity index (χ4v) is 1.12. The Hall–Kier alpha value is -1.22. The van der Waals surface area contributed by atoms with Gasteiger partial charge in [0.1, 0.15) is 0 Å². The second kappa shape index (κ2) is 4.72. The maximum absolute atomic E-state index is 5.31. The van der Waals surface area contributed by atoms with Crippen molar-refractivity contribution in [3.05, 3.63) is 23.8 Å². The van der Waals surface area contributed by atoms with Crippen molar-refractivity contribution in [3.63, 3.8) is 0 Å². The summed E-state index contributed by atoms with van der Waals surface area (Å²) in [6.07, 6.45) is 0. The fraction of sp³-hybridized carbons (Fsp3) is 0.400. The summed E-state index contributed by atoms with van der Waals surface area (Å²) < 4.78 is 15.3. The molecule has 0 amide bonds. The summed E-state index contributed by atoms with van der Waals surface area (Å²) in [5, 5.41) is 0. The first-order chi connectivity index (χ1) is 6.29. The minimum atomic E-state index is 0.236. The van der Waals surface area contributed by atoms with Crippen LogP contribution in [0.5, 0.6) is 11.5 Å². The van der Waals surface area contributed by atoms with E-state index in [4.69, 9.17) is 14.2 Å². The lowest BCUT2D eigenvalue weighted by Crippen LogP contribution is -2.01. The molecule has 0 unspecified atom stereocenters. The Balaban J connectivity index is 2.85. The lowest BCUT2D eigenvalue weighted by atomic mass is 10.2. The molecular formula is C10H14O3. The van der Waals surface area contributed by atoms with Gasteiger partial charge < -0.3 is 14.2 Å². The third kappa shape index (κ3) is 2.36. The van der Waals surface area contributed by atoms with E-state index >= 15 is 0 Å². The molecule has 0 fully saturated rings. The van der Waals surface area contributed by atoms with E-state index in [1.165, 1.54) is 0 Å². The van der Waals surface area contributed by atoms with E-state index in [9.17, 15) is 0 Å². The molecule has 0 saturated carbocycles. The fourth-order valence-electron chi connectivity index (χ4n) is 1.12.